The first kappa shape index (κ1) is 13.4. The fourth-order valence-electron chi connectivity index (χ4n) is 1.41. The molecule has 0 radical (unpaired) electrons. The topological polar surface area (TPSA) is 90.9 Å². The fourth-order valence-corrected chi connectivity index (χ4v) is 1.41. The monoisotopic (exact) mass is 241 g/mol. The molecule has 0 aliphatic rings. The minimum Gasteiger partial charge on any atom is -0.409 e. The number of aliphatic hydroxyl groups is 1. The van der Waals surface area contributed by atoms with Gasteiger partial charge in [0.1, 0.15) is 5.82 Å². The Morgan fingerprint density at radius 3 is 2.88 bits per heavy atom. The molecular weight excluding hydrogens is 225 g/mol. The Morgan fingerprint density at radius 1 is 1.59 bits per heavy atom. The molecule has 1 atom stereocenters. The zero-order chi connectivity index (χ0) is 12.8. The molecule has 0 amide bonds. The number of hydrogen-bond donors (Lipinski definition) is 4. The molecule has 0 aromatic heterocycles. The van der Waals surface area contributed by atoms with E-state index < -0.39 is 11.9 Å². The highest BCUT2D eigenvalue weighted by Crippen LogP contribution is 2.11. The molecule has 17 heavy (non-hydrogen) atoms. The summed E-state index contributed by atoms with van der Waals surface area (Å²) >= 11 is 0. The molecule has 0 spiro atoms. The van der Waals surface area contributed by atoms with E-state index in [1.165, 1.54) is 12.1 Å². The van der Waals surface area contributed by atoms with Gasteiger partial charge in [-0.05, 0) is 24.6 Å². The van der Waals surface area contributed by atoms with Gasteiger partial charge in [-0.1, -0.05) is 11.2 Å². The summed E-state index contributed by atoms with van der Waals surface area (Å²) in [5.41, 5.74) is 6.49. The summed E-state index contributed by atoms with van der Waals surface area (Å²) in [4.78, 5) is 0. The predicted octanol–water partition coefficient (Wildman–Crippen LogP) is 0.391. The van der Waals surface area contributed by atoms with Crippen LogP contribution in [0.15, 0.2) is 23.4 Å². The second-order valence-electron chi connectivity index (χ2n) is 3.77. The Morgan fingerprint density at radius 2 is 2.29 bits per heavy atom. The van der Waals surface area contributed by atoms with Crippen LogP contribution in [0.5, 0.6) is 0 Å². The largest absolute Gasteiger partial charge is 0.409 e. The first-order chi connectivity index (χ1) is 8.04. The Bertz CT molecular complexity index is 408. The highest BCUT2D eigenvalue weighted by atomic mass is 19.1. The summed E-state index contributed by atoms with van der Waals surface area (Å²) in [5, 5.41) is 23.5. The lowest BCUT2D eigenvalue weighted by Gasteiger charge is -2.10. The van der Waals surface area contributed by atoms with E-state index in [0.717, 1.165) is 0 Å². The molecule has 0 fully saturated rings. The number of benzene rings is 1. The maximum absolute atomic E-state index is 13.0. The first-order valence-corrected chi connectivity index (χ1v) is 5.19. The molecule has 1 unspecified atom stereocenters. The van der Waals surface area contributed by atoms with E-state index in [1.807, 2.05) is 0 Å². The van der Waals surface area contributed by atoms with Gasteiger partial charge in [-0.3, -0.25) is 0 Å². The number of oxime groups is 1. The van der Waals surface area contributed by atoms with Crippen molar-refractivity contribution >= 4 is 5.84 Å². The van der Waals surface area contributed by atoms with Crippen LogP contribution in [0.4, 0.5) is 4.39 Å². The van der Waals surface area contributed by atoms with Crippen LogP contribution in [0.3, 0.4) is 0 Å². The van der Waals surface area contributed by atoms with Gasteiger partial charge in [-0.15, -0.1) is 0 Å². The summed E-state index contributed by atoms with van der Waals surface area (Å²) in [7, 11) is 0. The number of nitrogens with two attached hydrogens (primary N) is 1. The van der Waals surface area contributed by atoms with E-state index in [-0.39, 0.29) is 5.84 Å². The molecule has 1 aromatic rings. The quantitative estimate of drug-likeness (QED) is 0.260. The number of nitrogens with zero attached hydrogens (tertiary/aromatic N) is 1. The molecule has 0 aliphatic carbocycles. The van der Waals surface area contributed by atoms with Crippen molar-refractivity contribution in [2.45, 2.75) is 19.6 Å². The van der Waals surface area contributed by atoms with Gasteiger partial charge in [-0.2, -0.15) is 0 Å². The maximum Gasteiger partial charge on any atom is 0.170 e. The molecule has 6 heteroatoms. The minimum absolute atomic E-state index is 0.140. The highest BCUT2D eigenvalue weighted by Gasteiger charge is 2.08. The maximum atomic E-state index is 13.0. The van der Waals surface area contributed by atoms with Gasteiger partial charge < -0.3 is 21.4 Å². The van der Waals surface area contributed by atoms with Crippen LogP contribution in [0, 0.1) is 5.82 Å². The van der Waals surface area contributed by atoms with Crippen LogP contribution in [-0.2, 0) is 6.54 Å². The van der Waals surface area contributed by atoms with Crippen molar-refractivity contribution in [1.82, 2.24) is 5.32 Å². The van der Waals surface area contributed by atoms with Crippen LogP contribution in [-0.4, -0.2) is 28.8 Å². The SMILES string of the molecule is CC(O)CNCc1ccc(F)cc1C(N)=NO. The summed E-state index contributed by atoms with van der Waals surface area (Å²) in [6, 6.07) is 4.06. The van der Waals surface area contributed by atoms with E-state index in [0.29, 0.717) is 24.2 Å². The molecule has 0 bridgehead atoms. The number of rotatable bonds is 5. The molecule has 0 saturated heterocycles. The van der Waals surface area contributed by atoms with E-state index in [2.05, 4.69) is 10.5 Å². The third kappa shape index (κ3) is 4.01. The minimum atomic E-state index is -0.470. The average molecular weight is 241 g/mol. The zero-order valence-electron chi connectivity index (χ0n) is 9.52. The average Bonchev–Trinajstić information content (AvgIpc) is 2.29. The summed E-state index contributed by atoms with van der Waals surface area (Å²) in [6.45, 7) is 2.46. The highest BCUT2D eigenvalue weighted by molar-refractivity contribution is 5.98. The smallest absolute Gasteiger partial charge is 0.170 e. The zero-order valence-corrected chi connectivity index (χ0v) is 9.52. The van der Waals surface area contributed by atoms with E-state index >= 15 is 0 Å². The van der Waals surface area contributed by atoms with Crippen LogP contribution in [0.1, 0.15) is 18.1 Å². The van der Waals surface area contributed by atoms with Gasteiger partial charge in [0.15, 0.2) is 5.84 Å². The lowest BCUT2D eigenvalue weighted by Crippen LogP contribution is -2.25. The predicted molar refractivity (Wildman–Crippen MR) is 62.3 cm³/mol. The third-order valence-electron chi connectivity index (χ3n) is 2.21. The van der Waals surface area contributed by atoms with Gasteiger partial charge in [0.05, 0.1) is 6.10 Å². The summed E-state index contributed by atoms with van der Waals surface area (Å²) < 4.78 is 13.0. The molecule has 5 nitrogen and oxygen atoms in total. The van der Waals surface area contributed by atoms with Crippen molar-refractivity contribution in [3.63, 3.8) is 0 Å². The molecule has 0 heterocycles. The van der Waals surface area contributed by atoms with Gasteiger partial charge >= 0.3 is 0 Å². The number of nitrogens with one attached hydrogen (secondary N) is 1. The molecular formula is C11H16FN3O2. The van der Waals surface area contributed by atoms with Gasteiger partial charge in [0, 0.05) is 18.7 Å². The lowest BCUT2D eigenvalue weighted by atomic mass is 10.1. The van der Waals surface area contributed by atoms with E-state index in [9.17, 15) is 4.39 Å². The van der Waals surface area contributed by atoms with Crippen molar-refractivity contribution in [1.29, 1.82) is 0 Å². The van der Waals surface area contributed by atoms with Crippen molar-refractivity contribution in [2.24, 2.45) is 10.9 Å². The van der Waals surface area contributed by atoms with Crippen molar-refractivity contribution in [2.75, 3.05) is 6.54 Å². The summed E-state index contributed by atoms with van der Waals surface area (Å²) in [5.74, 6) is -0.593. The molecule has 1 aromatic carbocycles. The van der Waals surface area contributed by atoms with E-state index in [4.69, 9.17) is 16.0 Å². The van der Waals surface area contributed by atoms with Crippen molar-refractivity contribution in [3.05, 3.63) is 35.1 Å². The second-order valence-corrected chi connectivity index (χ2v) is 3.77. The number of amidine groups is 1. The molecule has 1 rings (SSSR count). The Balaban J connectivity index is 2.83. The van der Waals surface area contributed by atoms with Crippen LogP contribution >= 0.6 is 0 Å². The van der Waals surface area contributed by atoms with Crippen LogP contribution < -0.4 is 11.1 Å². The third-order valence-corrected chi connectivity index (χ3v) is 2.21. The number of aliphatic hydroxyl groups excluding tert-OH is 1. The van der Waals surface area contributed by atoms with Crippen molar-refractivity contribution < 1.29 is 14.7 Å². The first-order valence-electron chi connectivity index (χ1n) is 5.19. The van der Waals surface area contributed by atoms with Crippen LogP contribution in [0.2, 0.25) is 0 Å². The van der Waals surface area contributed by atoms with Crippen molar-refractivity contribution in [3.8, 4) is 0 Å². The molecule has 0 saturated carbocycles. The molecule has 94 valence electrons. The molecule has 5 N–H and O–H groups in total. The van der Waals surface area contributed by atoms with Gasteiger partial charge in [0.2, 0.25) is 0 Å². The Labute approximate surface area is 98.7 Å². The lowest BCUT2D eigenvalue weighted by molar-refractivity contribution is 0.191. The van der Waals surface area contributed by atoms with Gasteiger partial charge in [0.25, 0.3) is 0 Å². The van der Waals surface area contributed by atoms with Gasteiger partial charge in [-0.25, -0.2) is 4.39 Å². The summed E-state index contributed by atoms with van der Waals surface area (Å²) in [6.07, 6.45) is -0.470. The Kier molecular flexibility index (Phi) is 4.86. The van der Waals surface area contributed by atoms with E-state index in [1.54, 1.807) is 13.0 Å². The standard InChI is InChI=1S/C11H16FN3O2/c1-7(16)5-14-6-8-2-3-9(12)4-10(8)11(13)15-17/h2-4,7,14,16-17H,5-6H2,1H3,(H2,13,15). The number of halogens is 1. The fraction of sp³-hybridized carbons (Fsp3) is 0.364. The molecule has 0 aliphatic heterocycles. The normalized spacial score (nSPS) is 13.7. The second kappa shape index (κ2) is 6.17. The van der Waals surface area contributed by atoms with Crippen LogP contribution in [0.25, 0.3) is 0 Å². The number of hydrogen-bond acceptors (Lipinski definition) is 4. The Hall–Kier alpha value is -1.66.